The van der Waals surface area contributed by atoms with Crippen molar-refractivity contribution in [1.29, 1.82) is 0 Å². The van der Waals surface area contributed by atoms with E-state index < -0.39 is 0 Å². The number of anilines is 2. The van der Waals surface area contributed by atoms with Gasteiger partial charge < -0.3 is 14.8 Å². The van der Waals surface area contributed by atoms with Crippen molar-refractivity contribution in [2.24, 2.45) is 0 Å². The van der Waals surface area contributed by atoms with Crippen LogP contribution in [0, 0.1) is 0 Å². The molecule has 0 radical (unpaired) electrons. The van der Waals surface area contributed by atoms with Gasteiger partial charge in [0.05, 0.1) is 6.54 Å². The summed E-state index contributed by atoms with van der Waals surface area (Å²) in [6.07, 6.45) is 0.587. The van der Waals surface area contributed by atoms with Gasteiger partial charge in [-0.2, -0.15) is 0 Å². The molecule has 2 amide bonds. The average Bonchev–Trinajstić information content (AvgIpc) is 3.06. The van der Waals surface area contributed by atoms with Crippen LogP contribution in [-0.2, 0) is 16.0 Å². The maximum atomic E-state index is 12.1. The summed E-state index contributed by atoms with van der Waals surface area (Å²) in [5.74, 6) is 0.390. The summed E-state index contributed by atoms with van der Waals surface area (Å²) in [5.41, 5.74) is 2.51. The zero-order chi connectivity index (χ0) is 17.6. The molecule has 1 aliphatic heterocycles. The normalized spacial score (nSPS) is 13.5. The molecule has 0 bridgehead atoms. The standard InChI is InChI=1S/C19H20N2O4/c1-2-14-6-8-17(9-7-14)25-13-18(22)20-15-4-3-5-16(12-15)21-10-11-24-19(21)23/h3-9,12H,2,10-11,13H2,1H3,(H,20,22). The Morgan fingerprint density at radius 1 is 1.24 bits per heavy atom. The summed E-state index contributed by atoms with van der Waals surface area (Å²) >= 11 is 0. The first-order chi connectivity index (χ1) is 12.2. The highest BCUT2D eigenvalue weighted by atomic mass is 16.6. The largest absolute Gasteiger partial charge is 0.484 e. The number of nitrogens with one attached hydrogen (secondary N) is 1. The zero-order valence-electron chi connectivity index (χ0n) is 14.0. The number of benzene rings is 2. The number of carbonyl (C=O) groups excluding carboxylic acids is 2. The molecule has 2 aromatic rings. The lowest BCUT2D eigenvalue weighted by atomic mass is 10.2. The van der Waals surface area contributed by atoms with Gasteiger partial charge in [0, 0.05) is 11.4 Å². The van der Waals surface area contributed by atoms with E-state index in [1.807, 2.05) is 24.3 Å². The van der Waals surface area contributed by atoms with Gasteiger partial charge in [-0.05, 0) is 42.3 Å². The second-order valence-corrected chi connectivity index (χ2v) is 5.65. The Hall–Kier alpha value is -3.02. The van der Waals surface area contributed by atoms with Gasteiger partial charge in [-0.1, -0.05) is 25.1 Å². The first-order valence-corrected chi connectivity index (χ1v) is 8.21. The average molecular weight is 340 g/mol. The SMILES string of the molecule is CCc1ccc(OCC(=O)Nc2cccc(N3CCOC3=O)c2)cc1. The number of aryl methyl sites for hydroxylation is 1. The Kier molecular flexibility index (Phi) is 5.18. The molecular formula is C19H20N2O4. The summed E-state index contributed by atoms with van der Waals surface area (Å²) in [4.78, 5) is 25.2. The van der Waals surface area contributed by atoms with Gasteiger partial charge in [-0.25, -0.2) is 4.79 Å². The monoisotopic (exact) mass is 340 g/mol. The predicted octanol–water partition coefficient (Wildman–Crippen LogP) is 3.22. The Bertz CT molecular complexity index is 758. The molecule has 25 heavy (non-hydrogen) atoms. The summed E-state index contributed by atoms with van der Waals surface area (Å²) in [5, 5.41) is 2.77. The second-order valence-electron chi connectivity index (χ2n) is 5.65. The Morgan fingerprint density at radius 2 is 2.04 bits per heavy atom. The highest BCUT2D eigenvalue weighted by Gasteiger charge is 2.23. The van der Waals surface area contributed by atoms with Crippen LogP contribution in [0.15, 0.2) is 48.5 Å². The molecule has 1 saturated heterocycles. The molecule has 0 spiro atoms. The number of carbonyl (C=O) groups is 2. The fourth-order valence-electron chi connectivity index (χ4n) is 2.55. The molecule has 0 aromatic heterocycles. The van der Waals surface area contributed by atoms with Crippen molar-refractivity contribution in [1.82, 2.24) is 0 Å². The van der Waals surface area contributed by atoms with E-state index in [0.717, 1.165) is 6.42 Å². The van der Waals surface area contributed by atoms with Crippen LogP contribution >= 0.6 is 0 Å². The molecule has 0 aliphatic carbocycles. The Labute approximate surface area is 146 Å². The first-order valence-electron chi connectivity index (χ1n) is 8.21. The highest BCUT2D eigenvalue weighted by Crippen LogP contribution is 2.22. The van der Waals surface area contributed by atoms with Crippen LogP contribution in [0.2, 0.25) is 0 Å². The van der Waals surface area contributed by atoms with E-state index in [4.69, 9.17) is 9.47 Å². The van der Waals surface area contributed by atoms with Crippen molar-refractivity contribution >= 4 is 23.4 Å². The smallest absolute Gasteiger partial charge is 0.414 e. The van der Waals surface area contributed by atoms with E-state index in [1.165, 1.54) is 10.5 Å². The van der Waals surface area contributed by atoms with Crippen molar-refractivity contribution in [3.8, 4) is 5.75 Å². The molecular weight excluding hydrogens is 320 g/mol. The van der Waals surface area contributed by atoms with Gasteiger partial charge in [0.15, 0.2) is 6.61 Å². The lowest BCUT2D eigenvalue weighted by Gasteiger charge is -2.14. The number of cyclic esters (lactones) is 1. The fourth-order valence-corrected chi connectivity index (χ4v) is 2.55. The fraction of sp³-hybridized carbons (Fsp3) is 0.263. The van der Waals surface area contributed by atoms with Crippen LogP contribution < -0.4 is 15.0 Å². The molecule has 0 saturated carbocycles. The minimum absolute atomic E-state index is 0.0819. The van der Waals surface area contributed by atoms with Crippen molar-refractivity contribution < 1.29 is 19.1 Å². The number of rotatable bonds is 6. The molecule has 1 aliphatic rings. The second kappa shape index (κ2) is 7.70. The predicted molar refractivity (Wildman–Crippen MR) is 95.1 cm³/mol. The third-order valence-corrected chi connectivity index (χ3v) is 3.90. The molecule has 2 aromatic carbocycles. The highest BCUT2D eigenvalue weighted by molar-refractivity contribution is 5.94. The van der Waals surface area contributed by atoms with Crippen LogP contribution in [0.5, 0.6) is 5.75 Å². The van der Waals surface area contributed by atoms with E-state index in [-0.39, 0.29) is 18.6 Å². The molecule has 130 valence electrons. The van der Waals surface area contributed by atoms with Gasteiger partial charge >= 0.3 is 6.09 Å². The molecule has 1 fully saturated rings. The lowest BCUT2D eigenvalue weighted by molar-refractivity contribution is -0.118. The maximum absolute atomic E-state index is 12.1. The molecule has 6 heteroatoms. The van der Waals surface area contributed by atoms with Gasteiger partial charge in [-0.3, -0.25) is 9.69 Å². The van der Waals surface area contributed by atoms with Crippen molar-refractivity contribution in [2.75, 3.05) is 30.0 Å². The van der Waals surface area contributed by atoms with Crippen molar-refractivity contribution in [3.05, 3.63) is 54.1 Å². The summed E-state index contributed by atoms with van der Waals surface area (Å²) in [7, 11) is 0. The Morgan fingerprint density at radius 3 is 2.72 bits per heavy atom. The molecule has 0 unspecified atom stereocenters. The number of hydrogen-bond donors (Lipinski definition) is 1. The number of ether oxygens (including phenoxy) is 2. The van der Waals surface area contributed by atoms with Crippen LogP contribution in [0.25, 0.3) is 0 Å². The number of amides is 2. The van der Waals surface area contributed by atoms with E-state index in [9.17, 15) is 9.59 Å². The number of nitrogens with zero attached hydrogens (tertiary/aromatic N) is 1. The number of hydrogen-bond acceptors (Lipinski definition) is 4. The molecule has 6 nitrogen and oxygen atoms in total. The van der Waals surface area contributed by atoms with E-state index in [1.54, 1.807) is 24.3 Å². The minimum atomic E-state index is -0.373. The maximum Gasteiger partial charge on any atom is 0.414 e. The van der Waals surface area contributed by atoms with Gasteiger partial charge in [-0.15, -0.1) is 0 Å². The van der Waals surface area contributed by atoms with E-state index in [2.05, 4.69) is 12.2 Å². The van der Waals surface area contributed by atoms with E-state index >= 15 is 0 Å². The molecule has 1 N–H and O–H groups in total. The minimum Gasteiger partial charge on any atom is -0.484 e. The third kappa shape index (κ3) is 4.29. The van der Waals surface area contributed by atoms with Gasteiger partial charge in [0.2, 0.25) is 0 Å². The van der Waals surface area contributed by atoms with Crippen LogP contribution in [0.1, 0.15) is 12.5 Å². The van der Waals surface area contributed by atoms with Crippen molar-refractivity contribution in [3.63, 3.8) is 0 Å². The zero-order valence-corrected chi connectivity index (χ0v) is 14.0. The molecule has 3 rings (SSSR count). The summed E-state index contributed by atoms with van der Waals surface area (Å²) in [6.45, 7) is 2.88. The third-order valence-electron chi connectivity index (χ3n) is 3.90. The molecule has 0 atom stereocenters. The van der Waals surface area contributed by atoms with Crippen LogP contribution in [0.4, 0.5) is 16.2 Å². The Balaban J connectivity index is 1.56. The van der Waals surface area contributed by atoms with Gasteiger partial charge in [0.25, 0.3) is 5.91 Å². The summed E-state index contributed by atoms with van der Waals surface area (Å²) < 4.78 is 10.4. The quantitative estimate of drug-likeness (QED) is 0.877. The summed E-state index contributed by atoms with van der Waals surface area (Å²) in [6, 6.07) is 14.7. The first kappa shape index (κ1) is 16.8. The van der Waals surface area contributed by atoms with Gasteiger partial charge in [0.1, 0.15) is 12.4 Å². The molecule has 1 heterocycles. The lowest BCUT2D eigenvalue weighted by Crippen LogP contribution is -2.24. The van der Waals surface area contributed by atoms with Crippen LogP contribution in [0.3, 0.4) is 0 Å². The van der Waals surface area contributed by atoms with Crippen LogP contribution in [-0.4, -0.2) is 31.8 Å². The topological polar surface area (TPSA) is 67.9 Å². The van der Waals surface area contributed by atoms with Crippen molar-refractivity contribution in [2.45, 2.75) is 13.3 Å². The van der Waals surface area contributed by atoms with E-state index in [0.29, 0.717) is 30.3 Å².